The van der Waals surface area contributed by atoms with E-state index in [0.29, 0.717) is 26.2 Å². The summed E-state index contributed by atoms with van der Waals surface area (Å²) in [4.78, 5) is 0. The van der Waals surface area contributed by atoms with Crippen LogP contribution in [0.2, 0.25) is 0 Å². The van der Waals surface area contributed by atoms with Crippen molar-refractivity contribution in [1.29, 1.82) is 0 Å². The Morgan fingerprint density at radius 2 is 1.13 bits per heavy atom. The fourth-order valence-corrected chi connectivity index (χ4v) is 0.661. The number of hydrogen-bond donors (Lipinski definition) is 3. The van der Waals surface area contributed by atoms with E-state index in [4.69, 9.17) is 24.8 Å². The molecule has 7 nitrogen and oxygen atoms in total. The molecule has 0 saturated carbocycles. The molecule has 1 saturated heterocycles. The smallest absolute Gasteiger partial charge is 0.0701 e. The van der Waals surface area contributed by atoms with Gasteiger partial charge in [0.1, 0.15) is 0 Å². The van der Waals surface area contributed by atoms with Crippen LogP contribution < -0.4 is 5.11 Å². The van der Waals surface area contributed by atoms with E-state index in [2.05, 4.69) is 4.74 Å². The standard InChI is InChI=1S/C7H15O4.C3H8O2.C2H4O.4CH4/c8-2-6-10-4-1-5-11-7-3-9;4-2-1-3-5;1-2-3-1;;;;/h8H,1-7H2;4-5H,1-3H2;1-2H2;4*1H4/q-1;;;;;;. The van der Waals surface area contributed by atoms with E-state index in [1.807, 2.05) is 0 Å². The van der Waals surface area contributed by atoms with Gasteiger partial charge in [-0.15, -0.1) is 6.61 Å². The minimum atomic E-state index is -0.183. The van der Waals surface area contributed by atoms with Crippen molar-refractivity contribution in [3.63, 3.8) is 0 Å². The van der Waals surface area contributed by atoms with Gasteiger partial charge in [-0.05, 0) is 12.8 Å². The first-order valence-electron chi connectivity index (χ1n) is 6.47. The molecular formula is C16H43O7-. The Labute approximate surface area is 144 Å². The lowest BCUT2D eigenvalue weighted by Gasteiger charge is -2.05. The van der Waals surface area contributed by atoms with Crippen molar-refractivity contribution >= 4 is 0 Å². The molecule has 0 aromatic carbocycles. The minimum Gasteiger partial charge on any atom is -0.853 e. The number of epoxide rings is 1. The Kier molecular flexibility index (Phi) is 71.7. The van der Waals surface area contributed by atoms with Crippen LogP contribution in [-0.4, -0.2) is 81.4 Å². The van der Waals surface area contributed by atoms with E-state index in [1.54, 1.807) is 0 Å². The molecule has 0 spiro atoms. The highest BCUT2D eigenvalue weighted by molar-refractivity contribution is 4.36. The third kappa shape index (κ3) is 73.5. The van der Waals surface area contributed by atoms with Gasteiger partial charge in [-0.25, -0.2) is 0 Å². The Morgan fingerprint density at radius 3 is 1.39 bits per heavy atom. The van der Waals surface area contributed by atoms with Crippen molar-refractivity contribution in [3.8, 4) is 0 Å². The van der Waals surface area contributed by atoms with Gasteiger partial charge in [-0.1, -0.05) is 29.7 Å². The maximum Gasteiger partial charge on any atom is 0.0701 e. The zero-order valence-corrected chi connectivity index (χ0v) is 11.5. The Morgan fingerprint density at radius 1 is 0.696 bits per heavy atom. The van der Waals surface area contributed by atoms with Crippen LogP contribution in [-0.2, 0) is 14.2 Å². The summed E-state index contributed by atoms with van der Waals surface area (Å²) in [6.45, 7) is 3.86. The molecule has 150 valence electrons. The molecule has 0 amide bonds. The van der Waals surface area contributed by atoms with E-state index in [9.17, 15) is 5.11 Å². The number of aliphatic hydroxyl groups is 3. The van der Waals surface area contributed by atoms with E-state index in [-0.39, 0.29) is 62.7 Å². The lowest BCUT2D eigenvalue weighted by atomic mass is 10.5. The van der Waals surface area contributed by atoms with Gasteiger partial charge in [-0.2, -0.15) is 0 Å². The molecule has 1 heterocycles. The largest absolute Gasteiger partial charge is 0.853 e. The van der Waals surface area contributed by atoms with Crippen LogP contribution in [0.4, 0.5) is 0 Å². The molecule has 0 radical (unpaired) electrons. The monoisotopic (exact) mass is 347 g/mol. The fourth-order valence-electron chi connectivity index (χ4n) is 0.661. The lowest BCUT2D eigenvalue weighted by Crippen LogP contribution is -2.14. The predicted molar refractivity (Wildman–Crippen MR) is 94.7 cm³/mol. The molecule has 0 unspecified atom stereocenters. The van der Waals surface area contributed by atoms with E-state index >= 15 is 0 Å². The summed E-state index contributed by atoms with van der Waals surface area (Å²) in [6, 6.07) is 0. The Bertz CT molecular complexity index is 123. The lowest BCUT2D eigenvalue weighted by molar-refractivity contribution is -0.374. The zero-order chi connectivity index (χ0) is 14.6. The van der Waals surface area contributed by atoms with Gasteiger partial charge in [0.25, 0.3) is 0 Å². The van der Waals surface area contributed by atoms with Crippen molar-refractivity contribution in [2.24, 2.45) is 0 Å². The first kappa shape index (κ1) is 38.3. The predicted octanol–water partition coefficient (Wildman–Crippen LogP) is 0.684. The summed E-state index contributed by atoms with van der Waals surface area (Å²) in [5.74, 6) is 0. The highest BCUT2D eigenvalue weighted by Gasteiger charge is 1.94. The van der Waals surface area contributed by atoms with Crippen LogP contribution in [0.1, 0.15) is 42.5 Å². The van der Waals surface area contributed by atoms with Gasteiger partial charge in [0, 0.05) is 33.0 Å². The average Bonchev–Trinajstić information content (AvgIpc) is 3.28. The molecule has 0 aliphatic carbocycles. The van der Waals surface area contributed by atoms with Crippen molar-refractivity contribution in [2.45, 2.75) is 42.5 Å². The first-order valence-corrected chi connectivity index (χ1v) is 6.47. The summed E-state index contributed by atoms with van der Waals surface area (Å²) in [5, 5.41) is 34.0. The van der Waals surface area contributed by atoms with Gasteiger partial charge in [0.2, 0.25) is 0 Å². The normalized spacial score (nSPS) is 9.91. The molecule has 0 aromatic heterocycles. The Balaban J connectivity index is -0.0000000512. The van der Waals surface area contributed by atoms with Crippen LogP contribution in [0.15, 0.2) is 0 Å². The summed E-state index contributed by atoms with van der Waals surface area (Å²) in [7, 11) is 0. The number of ether oxygens (including phenoxy) is 3. The molecular weight excluding hydrogens is 304 g/mol. The van der Waals surface area contributed by atoms with Crippen LogP contribution >= 0.6 is 0 Å². The summed E-state index contributed by atoms with van der Waals surface area (Å²) in [6.07, 6.45) is 1.28. The van der Waals surface area contributed by atoms with Crippen molar-refractivity contribution in [1.82, 2.24) is 0 Å². The third-order valence-electron chi connectivity index (χ3n) is 1.56. The molecule has 0 bridgehead atoms. The zero-order valence-electron chi connectivity index (χ0n) is 11.5. The van der Waals surface area contributed by atoms with E-state index in [0.717, 1.165) is 19.6 Å². The second kappa shape index (κ2) is 43.0. The molecule has 7 heteroatoms. The second-order valence-corrected chi connectivity index (χ2v) is 3.42. The van der Waals surface area contributed by atoms with Crippen LogP contribution in [0.25, 0.3) is 0 Å². The summed E-state index contributed by atoms with van der Waals surface area (Å²) < 4.78 is 14.4. The highest BCUT2D eigenvalue weighted by Crippen LogP contribution is 1.85. The average molecular weight is 348 g/mol. The molecule has 0 aromatic rings. The van der Waals surface area contributed by atoms with Gasteiger partial charge >= 0.3 is 0 Å². The van der Waals surface area contributed by atoms with E-state index < -0.39 is 0 Å². The van der Waals surface area contributed by atoms with Crippen molar-refractivity contribution in [2.75, 3.05) is 66.1 Å². The molecule has 23 heavy (non-hydrogen) atoms. The van der Waals surface area contributed by atoms with Crippen molar-refractivity contribution in [3.05, 3.63) is 0 Å². The van der Waals surface area contributed by atoms with Gasteiger partial charge in [-0.3, -0.25) is 0 Å². The summed E-state index contributed by atoms with van der Waals surface area (Å²) in [5.41, 5.74) is 0. The van der Waals surface area contributed by atoms with Crippen molar-refractivity contribution < 1.29 is 34.6 Å². The molecule has 1 aliphatic heterocycles. The molecule has 1 fully saturated rings. The second-order valence-electron chi connectivity index (χ2n) is 3.42. The fraction of sp³-hybridized carbons (Fsp3) is 1.00. The highest BCUT2D eigenvalue weighted by atomic mass is 16.6. The maximum absolute atomic E-state index is 9.88. The maximum atomic E-state index is 9.88. The quantitative estimate of drug-likeness (QED) is 0.393. The molecule has 1 rings (SSSR count). The number of hydrogen-bond acceptors (Lipinski definition) is 7. The Hall–Kier alpha value is -0.280. The summed E-state index contributed by atoms with van der Waals surface area (Å²) >= 11 is 0. The van der Waals surface area contributed by atoms with Gasteiger partial charge < -0.3 is 34.6 Å². The number of rotatable bonds is 10. The first-order chi connectivity index (χ1) is 9.33. The van der Waals surface area contributed by atoms with E-state index in [1.165, 1.54) is 0 Å². The molecule has 3 N–H and O–H groups in total. The van der Waals surface area contributed by atoms with Crippen LogP contribution in [0.3, 0.4) is 0 Å². The van der Waals surface area contributed by atoms with Gasteiger partial charge in [0.15, 0.2) is 0 Å². The minimum absolute atomic E-state index is 0. The van der Waals surface area contributed by atoms with Gasteiger partial charge in [0.05, 0.1) is 26.4 Å². The van der Waals surface area contributed by atoms with Crippen LogP contribution in [0, 0.1) is 0 Å². The SMILES string of the molecule is C.C.C.C.C1CO1.OCCCO.[O-]CCOCCCOCCO. The topological polar surface area (TPSA) is 115 Å². The van der Waals surface area contributed by atoms with Crippen LogP contribution in [0.5, 0.6) is 0 Å². The third-order valence-corrected chi connectivity index (χ3v) is 1.56. The molecule has 0 atom stereocenters. The molecule has 1 aliphatic rings. The number of aliphatic hydroxyl groups excluding tert-OH is 3.